The molecule has 1 aromatic rings. The van der Waals surface area contributed by atoms with Crippen LogP contribution in [0.5, 0.6) is 0 Å². The number of alkyl halides is 1. The first-order valence-corrected chi connectivity index (χ1v) is 7.77. The number of carbonyl (C=O) groups is 1. The van der Waals surface area contributed by atoms with E-state index >= 15 is 0 Å². The van der Waals surface area contributed by atoms with Gasteiger partial charge in [-0.15, -0.1) is 22.9 Å². The van der Waals surface area contributed by atoms with Gasteiger partial charge in [-0.2, -0.15) is 0 Å². The zero-order chi connectivity index (χ0) is 13.2. The van der Waals surface area contributed by atoms with Crippen molar-refractivity contribution in [2.24, 2.45) is 5.92 Å². The highest BCUT2D eigenvalue weighted by molar-refractivity contribution is 7.09. The van der Waals surface area contributed by atoms with Crippen molar-refractivity contribution in [3.8, 4) is 0 Å². The summed E-state index contributed by atoms with van der Waals surface area (Å²) >= 11 is 7.59. The highest BCUT2D eigenvalue weighted by Gasteiger charge is 2.35. The van der Waals surface area contributed by atoms with E-state index in [-0.39, 0.29) is 11.4 Å². The summed E-state index contributed by atoms with van der Waals surface area (Å²) in [5, 5.41) is 5.82. The lowest BCUT2D eigenvalue weighted by atomic mass is 9.78. The number of hydrogen-bond donors (Lipinski definition) is 1. The third kappa shape index (κ3) is 3.04. The van der Waals surface area contributed by atoms with Gasteiger partial charge in [0.25, 0.3) is 5.91 Å². The predicted molar refractivity (Wildman–Crippen MR) is 75.4 cm³/mol. The van der Waals surface area contributed by atoms with Crippen molar-refractivity contribution >= 4 is 28.8 Å². The smallest absolute Gasteiger partial charge is 0.271 e. The molecule has 1 aliphatic rings. The van der Waals surface area contributed by atoms with Crippen LogP contribution in [0.3, 0.4) is 0 Å². The minimum atomic E-state index is -0.233. The molecule has 0 unspecified atom stereocenters. The van der Waals surface area contributed by atoms with E-state index in [2.05, 4.69) is 17.2 Å². The van der Waals surface area contributed by atoms with Crippen molar-refractivity contribution in [3.05, 3.63) is 16.1 Å². The van der Waals surface area contributed by atoms with E-state index in [9.17, 15) is 4.79 Å². The van der Waals surface area contributed by atoms with Gasteiger partial charge in [0.05, 0.1) is 10.5 Å². The third-order valence-electron chi connectivity index (χ3n) is 3.72. The van der Waals surface area contributed by atoms with Crippen LogP contribution in [0.2, 0.25) is 0 Å². The topological polar surface area (TPSA) is 42.0 Å². The molecular formula is C13H19ClN2OS. The lowest BCUT2D eigenvalue weighted by Gasteiger charge is -2.38. The molecule has 1 fully saturated rings. The normalized spacial score (nSPS) is 28.1. The fourth-order valence-corrected chi connectivity index (χ4v) is 3.31. The molecule has 0 radical (unpaired) electrons. The number of amides is 1. The number of aryl methyl sites for hydroxylation is 1. The molecule has 3 nitrogen and oxygen atoms in total. The first-order chi connectivity index (χ1) is 8.54. The molecule has 100 valence electrons. The molecule has 18 heavy (non-hydrogen) atoms. The van der Waals surface area contributed by atoms with E-state index in [0.717, 1.165) is 36.6 Å². The Hall–Kier alpha value is -0.610. The minimum absolute atomic E-state index is 0.0884. The van der Waals surface area contributed by atoms with Gasteiger partial charge in [0.1, 0.15) is 5.69 Å². The molecule has 0 spiro atoms. The summed E-state index contributed by atoms with van der Waals surface area (Å²) in [6, 6.07) is 0. The van der Waals surface area contributed by atoms with Crippen LogP contribution >= 0.6 is 22.9 Å². The van der Waals surface area contributed by atoms with Gasteiger partial charge in [0.2, 0.25) is 0 Å². The number of halogens is 1. The van der Waals surface area contributed by atoms with Gasteiger partial charge in [-0.1, -0.05) is 6.92 Å². The van der Waals surface area contributed by atoms with Crippen LogP contribution in [0, 0.1) is 12.8 Å². The number of rotatable bonds is 3. The number of thiazole rings is 1. The lowest BCUT2D eigenvalue weighted by Crippen LogP contribution is -2.52. The summed E-state index contributed by atoms with van der Waals surface area (Å²) < 4.78 is 0. The average molecular weight is 287 g/mol. The summed E-state index contributed by atoms with van der Waals surface area (Å²) in [5.41, 5.74) is 0.281. The van der Waals surface area contributed by atoms with E-state index in [1.807, 2.05) is 6.92 Å². The number of nitrogens with zero attached hydrogens (tertiary/aromatic N) is 1. The maximum atomic E-state index is 12.1. The maximum absolute atomic E-state index is 12.1. The Morgan fingerprint density at radius 1 is 1.61 bits per heavy atom. The summed E-state index contributed by atoms with van der Waals surface area (Å²) in [6.07, 6.45) is 4.19. The highest BCUT2D eigenvalue weighted by atomic mass is 35.5. The van der Waals surface area contributed by atoms with E-state index in [0.29, 0.717) is 11.6 Å². The Balaban J connectivity index is 2.04. The SMILES string of the molecule is Cc1nc(C(=O)NC2(CCl)CCC(C)CC2)cs1. The molecule has 1 aromatic heterocycles. The molecule has 0 atom stereocenters. The van der Waals surface area contributed by atoms with Gasteiger partial charge in [-0.25, -0.2) is 4.98 Å². The number of aromatic nitrogens is 1. The van der Waals surface area contributed by atoms with Crippen LogP contribution in [-0.2, 0) is 0 Å². The van der Waals surface area contributed by atoms with Crippen LogP contribution in [0.4, 0.5) is 0 Å². The van der Waals surface area contributed by atoms with Gasteiger partial charge in [0.15, 0.2) is 0 Å². The lowest BCUT2D eigenvalue weighted by molar-refractivity contribution is 0.0868. The van der Waals surface area contributed by atoms with Gasteiger partial charge in [-0.3, -0.25) is 4.79 Å². The fourth-order valence-electron chi connectivity index (χ4n) is 2.38. The minimum Gasteiger partial charge on any atom is -0.344 e. The number of carbonyl (C=O) groups excluding carboxylic acids is 1. The molecule has 1 heterocycles. The van der Waals surface area contributed by atoms with Crippen molar-refractivity contribution in [1.29, 1.82) is 0 Å². The van der Waals surface area contributed by atoms with Crippen LogP contribution in [0.1, 0.15) is 48.1 Å². The Morgan fingerprint density at radius 3 is 2.78 bits per heavy atom. The second-order valence-corrected chi connectivity index (χ2v) is 6.63. The maximum Gasteiger partial charge on any atom is 0.271 e. The van der Waals surface area contributed by atoms with Gasteiger partial charge in [-0.05, 0) is 38.5 Å². The summed E-state index contributed by atoms with van der Waals surface area (Å²) in [4.78, 5) is 16.4. The monoisotopic (exact) mass is 286 g/mol. The Labute approximate surface area is 117 Å². The summed E-state index contributed by atoms with van der Waals surface area (Å²) in [5.74, 6) is 1.13. The predicted octanol–water partition coefficient (Wildman–Crippen LogP) is 3.37. The molecule has 1 amide bonds. The van der Waals surface area contributed by atoms with Gasteiger partial charge < -0.3 is 5.32 Å². The van der Waals surface area contributed by atoms with E-state index in [1.54, 1.807) is 5.38 Å². The van der Waals surface area contributed by atoms with E-state index in [4.69, 9.17) is 11.6 Å². The van der Waals surface area contributed by atoms with Crippen LogP contribution in [0.15, 0.2) is 5.38 Å². The van der Waals surface area contributed by atoms with E-state index < -0.39 is 0 Å². The molecule has 0 aliphatic heterocycles. The molecule has 2 rings (SSSR count). The number of nitrogens with one attached hydrogen (secondary N) is 1. The Morgan fingerprint density at radius 2 is 2.28 bits per heavy atom. The Kier molecular flexibility index (Phi) is 4.28. The highest BCUT2D eigenvalue weighted by Crippen LogP contribution is 2.33. The zero-order valence-corrected chi connectivity index (χ0v) is 12.4. The molecule has 0 bridgehead atoms. The van der Waals surface area contributed by atoms with Crippen LogP contribution in [-0.4, -0.2) is 22.3 Å². The zero-order valence-electron chi connectivity index (χ0n) is 10.8. The number of hydrogen-bond acceptors (Lipinski definition) is 3. The second kappa shape index (κ2) is 5.57. The molecule has 0 saturated heterocycles. The van der Waals surface area contributed by atoms with Gasteiger partial charge >= 0.3 is 0 Å². The van der Waals surface area contributed by atoms with Crippen LogP contribution < -0.4 is 5.32 Å². The summed E-state index contributed by atoms with van der Waals surface area (Å²) in [6.45, 7) is 4.16. The fraction of sp³-hybridized carbons (Fsp3) is 0.692. The quantitative estimate of drug-likeness (QED) is 0.866. The Bertz CT molecular complexity index is 424. The van der Waals surface area contributed by atoms with Crippen molar-refractivity contribution < 1.29 is 4.79 Å². The average Bonchev–Trinajstić information content (AvgIpc) is 2.79. The van der Waals surface area contributed by atoms with Gasteiger partial charge in [0, 0.05) is 11.3 Å². The van der Waals surface area contributed by atoms with Crippen molar-refractivity contribution in [2.45, 2.75) is 45.1 Å². The van der Waals surface area contributed by atoms with Crippen LogP contribution in [0.25, 0.3) is 0 Å². The van der Waals surface area contributed by atoms with E-state index in [1.165, 1.54) is 11.3 Å². The molecule has 5 heteroatoms. The second-order valence-electron chi connectivity index (χ2n) is 5.30. The first-order valence-electron chi connectivity index (χ1n) is 6.35. The molecule has 1 aliphatic carbocycles. The largest absolute Gasteiger partial charge is 0.344 e. The molecule has 0 aromatic carbocycles. The molecular weight excluding hydrogens is 268 g/mol. The van der Waals surface area contributed by atoms with Crippen molar-refractivity contribution in [3.63, 3.8) is 0 Å². The van der Waals surface area contributed by atoms with Crippen molar-refractivity contribution in [1.82, 2.24) is 10.3 Å². The third-order valence-corrected chi connectivity index (χ3v) is 5.00. The summed E-state index contributed by atoms with van der Waals surface area (Å²) in [7, 11) is 0. The van der Waals surface area contributed by atoms with Crippen molar-refractivity contribution in [2.75, 3.05) is 5.88 Å². The standard InChI is InChI=1S/C13H19ClN2OS/c1-9-3-5-13(8-14,6-4-9)16-12(17)11-7-18-10(2)15-11/h7,9H,3-6,8H2,1-2H3,(H,16,17). The molecule has 1 saturated carbocycles. The molecule has 1 N–H and O–H groups in total. The first kappa shape index (κ1) is 13.8.